The molecule has 0 saturated carbocycles. The van der Waals surface area contributed by atoms with Crippen LogP contribution < -0.4 is 9.80 Å². The zero-order valence-corrected chi connectivity index (χ0v) is 26.2. The molecule has 2 aromatic carbocycles. The van der Waals surface area contributed by atoms with Crippen molar-refractivity contribution in [1.29, 1.82) is 0 Å². The summed E-state index contributed by atoms with van der Waals surface area (Å²) in [6.45, 7) is 16.0. The number of carbonyl (C=O) groups is 3. The van der Waals surface area contributed by atoms with Crippen LogP contribution in [-0.2, 0) is 18.6 Å². The Morgan fingerprint density at radius 3 is 2.32 bits per heavy atom. The number of ether oxygens (including phenoxy) is 3. The number of esters is 1. The molecule has 0 unspecified atom stereocenters. The molecule has 0 aliphatic carbocycles. The smallest absolute Gasteiger partial charge is 0.414 e. The van der Waals surface area contributed by atoms with Crippen molar-refractivity contribution in [1.82, 2.24) is 0 Å². The molecule has 2 amide bonds. The average molecular weight is 589 g/mol. The average Bonchev–Trinajstić information content (AvgIpc) is 3.24. The van der Waals surface area contributed by atoms with E-state index in [4.69, 9.17) is 18.6 Å². The van der Waals surface area contributed by atoms with Gasteiger partial charge >= 0.3 is 18.2 Å². The summed E-state index contributed by atoms with van der Waals surface area (Å²) in [6, 6.07) is 12.6. The maximum atomic E-state index is 15.5. The Kier molecular flexibility index (Phi) is 9.86. The Hall–Kier alpha value is -3.44. The van der Waals surface area contributed by atoms with Crippen LogP contribution in [0, 0.1) is 5.82 Å². The quantitative estimate of drug-likeness (QED) is 0.181. The summed E-state index contributed by atoms with van der Waals surface area (Å²) in [6.07, 6.45) is -2.11. The van der Waals surface area contributed by atoms with Gasteiger partial charge in [-0.05, 0) is 69.2 Å². The van der Waals surface area contributed by atoms with Gasteiger partial charge in [-0.3, -0.25) is 9.80 Å². The molecule has 0 bridgehead atoms. The van der Waals surface area contributed by atoms with Crippen LogP contribution in [0.5, 0.6) is 0 Å². The fourth-order valence-electron chi connectivity index (χ4n) is 3.76. The van der Waals surface area contributed by atoms with Crippen molar-refractivity contribution in [3.05, 3.63) is 59.9 Å². The summed E-state index contributed by atoms with van der Waals surface area (Å²) in [7, 11) is -2.10. The summed E-state index contributed by atoms with van der Waals surface area (Å²) < 4.78 is 37.9. The topological polar surface area (TPSA) is 94.6 Å². The first-order chi connectivity index (χ1) is 19.0. The molecule has 1 aliphatic rings. The first kappa shape index (κ1) is 32.1. The van der Waals surface area contributed by atoms with Crippen molar-refractivity contribution >= 4 is 37.8 Å². The SMILES string of the molecule is CC(C)(C)OC(=O)N(CCO[Si](C)(C)C(C)(C)C)c1ccc(N2C[C@H](COC(=O)c3ccccc3)OC2=O)cc1F. The van der Waals surface area contributed by atoms with Gasteiger partial charge in [-0.25, -0.2) is 18.8 Å². The molecular formula is C30H41FN2O7Si. The van der Waals surface area contributed by atoms with Crippen LogP contribution in [0.15, 0.2) is 48.5 Å². The standard InChI is InChI=1S/C30H41FN2O7Si/c1-29(2,3)40-28(36)32(16-17-38-41(7,8)30(4,5)6)25-15-14-22(18-24(25)31)33-19-23(39-27(33)35)20-37-26(34)21-12-10-9-11-13-21/h9-15,18,23H,16-17,19-20H2,1-8H3/t23-/m1/s1. The van der Waals surface area contributed by atoms with Crippen molar-refractivity contribution in [2.45, 2.75) is 71.4 Å². The third-order valence-electron chi connectivity index (χ3n) is 7.02. The minimum absolute atomic E-state index is 0.00253. The van der Waals surface area contributed by atoms with Crippen molar-refractivity contribution in [2.75, 3.05) is 36.1 Å². The van der Waals surface area contributed by atoms with E-state index in [-0.39, 0.29) is 42.7 Å². The van der Waals surface area contributed by atoms with Gasteiger partial charge in [-0.15, -0.1) is 0 Å². The zero-order valence-electron chi connectivity index (χ0n) is 25.2. The van der Waals surface area contributed by atoms with Gasteiger partial charge < -0.3 is 18.6 Å². The van der Waals surface area contributed by atoms with E-state index in [0.29, 0.717) is 5.56 Å². The van der Waals surface area contributed by atoms with Crippen LogP contribution in [0.1, 0.15) is 51.9 Å². The van der Waals surface area contributed by atoms with E-state index in [2.05, 4.69) is 33.9 Å². The Balaban J connectivity index is 1.72. The molecule has 0 aromatic heterocycles. The molecule has 1 aliphatic heterocycles. The molecule has 2 aromatic rings. The van der Waals surface area contributed by atoms with Gasteiger partial charge in [0.1, 0.15) is 18.0 Å². The number of rotatable bonds is 9. The number of benzene rings is 2. The second kappa shape index (κ2) is 12.6. The summed E-state index contributed by atoms with van der Waals surface area (Å²) in [4.78, 5) is 40.3. The van der Waals surface area contributed by atoms with Crippen molar-refractivity contribution in [3.63, 3.8) is 0 Å². The largest absolute Gasteiger partial charge is 0.458 e. The van der Waals surface area contributed by atoms with Gasteiger partial charge in [-0.2, -0.15) is 0 Å². The number of anilines is 2. The molecule has 1 fully saturated rings. The van der Waals surface area contributed by atoms with Gasteiger partial charge in [0.05, 0.1) is 36.6 Å². The third-order valence-corrected chi connectivity index (χ3v) is 11.6. The zero-order chi connectivity index (χ0) is 30.6. The first-order valence-electron chi connectivity index (χ1n) is 13.6. The van der Waals surface area contributed by atoms with E-state index >= 15 is 4.39 Å². The molecule has 224 valence electrons. The van der Waals surface area contributed by atoms with Crippen molar-refractivity contribution in [3.8, 4) is 0 Å². The molecular weight excluding hydrogens is 547 g/mol. The molecule has 1 heterocycles. The molecule has 41 heavy (non-hydrogen) atoms. The lowest BCUT2D eigenvalue weighted by Gasteiger charge is -2.37. The van der Waals surface area contributed by atoms with Crippen LogP contribution in [0.2, 0.25) is 18.1 Å². The summed E-state index contributed by atoms with van der Waals surface area (Å²) >= 11 is 0. The lowest BCUT2D eigenvalue weighted by atomic mass is 10.2. The third kappa shape index (κ3) is 8.53. The lowest BCUT2D eigenvalue weighted by molar-refractivity contribution is 0.0300. The predicted molar refractivity (Wildman–Crippen MR) is 157 cm³/mol. The highest BCUT2D eigenvalue weighted by Gasteiger charge is 2.38. The number of nitrogens with zero attached hydrogens (tertiary/aromatic N) is 2. The highest BCUT2D eigenvalue weighted by molar-refractivity contribution is 6.74. The van der Waals surface area contributed by atoms with Crippen LogP contribution in [0.25, 0.3) is 0 Å². The van der Waals surface area contributed by atoms with Crippen LogP contribution >= 0.6 is 0 Å². The Morgan fingerprint density at radius 2 is 1.73 bits per heavy atom. The maximum absolute atomic E-state index is 15.5. The number of hydrogen-bond donors (Lipinski definition) is 0. The number of carbonyl (C=O) groups excluding carboxylic acids is 3. The predicted octanol–water partition coefficient (Wildman–Crippen LogP) is 6.77. The van der Waals surface area contributed by atoms with Gasteiger partial charge in [-0.1, -0.05) is 39.0 Å². The number of halogens is 1. The highest BCUT2D eigenvalue weighted by Crippen LogP contribution is 2.36. The van der Waals surface area contributed by atoms with Gasteiger partial charge in [0, 0.05) is 0 Å². The van der Waals surface area contributed by atoms with E-state index in [1.807, 2.05) is 0 Å². The van der Waals surface area contributed by atoms with Crippen LogP contribution in [0.4, 0.5) is 25.4 Å². The van der Waals surface area contributed by atoms with Gasteiger partial charge in [0.2, 0.25) is 0 Å². The summed E-state index contributed by atoms with van der Waals surface area (Å²) in [5.41, 5.74) is -0.155. The second-order valence-electron chi connectivity index (χ2n) is 12.5. The highest BCUT2D eigenvalue weighted by atomic mass is 28.4. The van der Waals surface area contributed by atoms with Gasteiger partial charge in [0.25, 0.3) is 0 Å². The van der Waals surface area contributed by atoms with E-state index in [1.54, 1.807) is 51.1 Å². The minimum Gasteiger partial charge on any atom is -0.458 e. The van der Waals surface area contributed by atoms with Gasteiger partial charge in [0.15, 0.2) is 14.4 Å². The monoisotopic (exact) mass is 588 g/mol. The molecule has 1 saturated heterocycles. The Bertz CT molecular complexity index is 1240. The lowest BCUT2D eigenvalue weighted by Crippen LogP contribution is -2.44. The van der Waals surface area contributed by atoms with Crippen LogP contribution in [-0.4, -0.2) is 64.5 Å². The maximum Gasteiger partial charge on any atom is 0.414 e. The molecule has 0 radical (unpaired) electrons. The summed E-state index contributed by atoms with van der Waals surface area (Å²) in [5.74, 6) is -1.25. The Morgan fingerprint density at radius 1 is 1.07 bits per heavy atom. The molecule has 0 N–H and O–H groups in total. The number of hydrogen-bond acceptors (Lipinski definition) is 7. The number of amides is 2. The van der Waals surface area contributed by atoms with E-state index in [9.17, 15) is 14.4 Å². The second-order valence-corrected chi connectivity index (χ2v) is 17.3. The molecule has 1 atom stereocenters. The fourth-order valence-corrected chi connectivity index (χ4v) is 4.80. The normalized spacial score (nSPS) is 15.9. The van der Waals surface area contributed by atoms with E-state index in [0.717, 1.165) is 0 Å². The number of cyclic esters (lactones) is 1. The molecule has 3 rings (SSSR count). The van der Waals surface area contributed by atoms with E-state index in [1.165, 1.54) is 28.0 Å². The van der Waals surface area contributed by atoms with Crippen molar-refractivity contribution in [2.24, 2.45) is 0 Å². The Labute approximate surface area is 242 Å². The minimum atomic E-state index is -2.10. The molecule has 11 heteroatoms. The van der Waals surface area contributed by atoms with Crippen molar-refractivity contribution < 1.29 is 37.4 Å². The molecule has 0 spiro atoms. The van der Waals surface area contributed by atoms with Crippen LogP contribution in [0.3, 0.4) is 0 Å². The molecule has 9 nitrogen and oxygen atoms in total. The first-order valence-corrected chi connectivity index (χ1v) is 16.5. The summed E-state index contributed by atoms with van der Waals surface area (Å²) in [5, 5.41) is -0.0290. The van der Waals surface area contributed by atoms with E-state index < -0.39 is 44.0 Å². The fraction of sp³-hybridized carbons (Fsp3) is 0.500.